The molecule has 1 fully saturated rings. The molecule has 0 unspecified atom stereocenters. The highest BCUT2D eigenvalue weighted by Gasteiger charge is 2.30. The van der Waals surface area contributed by atoms with Gasteiger partial charge in [0.05, 0.1) is 29.0 Å². The van der Waals surface area contributed by atoms with E-state index in [0.29, 0.717) is 18.2 Å². The van der Waals surface area contributed by atoms with E-state index in [0.717, 1.165) is 42.3 Å². The third kappa shape index (κ3) is 4.38. The summed E-state index contributed by atoms with van der Waals surface area (Å²) in [5, 5.41) is 5.94. The largest absolute Gasteiger partial charge is 0.334 e. The molecule has 2 aliphatic rings. The molecule has 8 nitrogen and oxygen atoms in total. The predicted octanol–water partition coefficient (Wildman–Crippen LogP) is 3.14. The van der Waals surface area contributed by atoms with E-state index in [9.17, 15) is 17.6 Å². The number of carbonyl (C=O) groups excluding carboxylic acids is 1. The summed E-state index contributed by atoms with van der Waals surface area (Å²) < 4.78 is 37.3. The number of rotatable bonds is 5. The quantitative estimate of drug-likeness (QED) is 0.577. The Bertz CT molecular complexity index is 1350. The SMILES string of the molecule is CS(=O)(=O)c1ccc2c(c1)CN[C@H]2C(=O)Nc1cnc(N2CCC[C@@H]2c2cccc(F)c2)nc1. The van der Waals surface area contributed by atoms with Gasteiger partial charge in [0.1, 0.15) is 11.9 Å². The fourth-order valence-corrected chi connectivity index (χ4v) is 5.29. The molecule has 1 amide bonds. The molecule has 1 saturated heterocycles. The monoisotopic (exact) mass is 481 g/mol. The molecule has 0 radical (unpaired) electrons. The first-order valence-electron chi connectivity index (χ1n) is 11.0. The number of nitrogens with one attached hydrogen (secondary N) is 2. The van der Waals surface area contributed by atoms with Gasteiger partial charge in [-0.3, -0.25) is 10.1 Å². The highest BCUT2D eigenvalue weighted by Crippen LogP contribution is 2.35. The molecule has 2 atom stereocenters. The molecule has 3 aromatic rings. The van der Waals surface area contributed by atoms with Gasteiger partial charge >= 0.3 is 0 Å². The Morgan fingerprint density at radius 2 is 1.97 bits per heavy atom. The van der Waals surface area contributed by atoms with E-state index in [1.807, 2.05) is 6.07 Å². The summed E-state index contributed by atoms with van der Waals surface area (Å²) in [6.45, 7) is 1.17. The maximum Gasteiger partial charge on any atom is 0.246 e. The average Bonchev–Trinajstić information content (AvgIpc) is 3.46. The number of nitrogens with zero attached hydrogens (tertiary/aromatic N) is 3. The minimum Gasteiger partial charge on any atom is -0.334 e. The molecule has 2 aromatic carbocycles. The van der Waals surface area contributed by atoms with Crippen molar-refractivity contribution < 1.29 is 17.6 Å². The average molecular weight is 482 g/mol. The van der Waals surface area contributed by atoms with Crippen molar-refractivity contribution in [3.8, 4) is 0 Å². The Morgan fingerprint density at radius 1 is 1.18 bits per heavy atom. The number of benzene rings is 2. The van der Waals surface area contributed by atoms with E-state index in [-0.39, 0.29) is 22.7 Å². The lowest BCUT2D eigenvalue weighted by atomic mass is 10.0. The van der Waals surface area contributed by atoms with Gasteiger partial charge in [0.2, 0.25) is 11.9 Å². The van der Waals surface area contributed by atoms with E-state index < -0.39 is 15.9 Å². The van der Waals surface area contributed by atoms with Crippen LogP contribution >= 0.6 is 0 Å². The van der Waals surface area contributed by atoms with Crippen molar-refractivity contribution in [2.45, 2.75) is 36.4 Å². The van der Waals surface area contributed by atoms with Gasteiger partial charge in [0.25, 0.3) is 0 Å². The van der Waals surface area contributed by atoms with Crippen LogP contribution in [0, 0.1) is 5.82 Å². The molecule has 2 aliphatic heterocycles. The van der Waals surface area contributed by atoms with E-state index in [1.54, 1.807) is 36.7 Å². The summed E-state index contributed by atoms with van der Waals surface area (Å²) in [6.07, 6.45) is 6.12. The Labute approximate surface area is 197 Å². The highest BCUT2D eigenvalue weighted by atomic mass is 32.2. The number of aromatic nitrogens is 2. The van der Waals surface area contributed by atoms with Gasteiger partial charge in [0.15, 0.2) is 9.84 Å². The van der Waals surface area contributed by atoms with E-state index >= 15 is 0 Å². The van der Waals surface area contributed by atoms with Crippen molar-refractivity contribution in [3.63, 3.8) is 0 Å². The first-order valence-corrected chi connectivity index (χ1v) is 12.9. The highest BCUT2D eigenvalue weighted by molar-refractivity contribution is 7.90. The zero-order chi connectivity index (χ0) is 23.9. The first kappa shape index (κ1) is 22.4. The number of hydrogen-bond donors (Lipinski definition) is 2. The molecule has 176 valence electrons. The maximum atomic E-state index is 13.7. The molecule has 2 N–H and O–H groups in total. The molecule has 3 heterocycles. The van der Waals surface area contributed by atoms with Crippen LogP contribution in [-0.2, 0) is 21.2 Å². The second-order valence-electron chi connectivity index (χ2n) is 8.61. The standard InChI is InChI=1S/C24H24FN5O3S/c1-34(32,33)19-7-8-20-16(11-19)12-26-22(20)23(31)29-18-13-27-24(28-14-18)30-9-3-6-21(30)15-4-2-5-17(25)10-15/h2,4-5,7-8,10-11,13-14,21-22,26H,3,6,9,12H2,1H3,(H,29,31)/t21-,22-/m1/s1. The minimum atomic E-state index is -3.31. The van der Waals surface area contributed by atoms with Crippen LogP contribution in [0.25, 0.3) is 0 Å². The molecule has 0 spiro atoms. The van der Waals surface area contributed by atoms with Gasteiger partial charge in [-0.1, -0.05) is 18.2 Å². The molecule has 0 saturated carbocycles. The molecule has 5 rings (SSSR count). The van der Waals surface area contributed by atoms with E-state index in [4.69, 9.17) is 0 Å². The number of amides is 1. The number of halogens is 1. The molecular weight excluding hydrogens is 457 g/mol. The van der Waals surface area contributed by atoms with Gasteiger partial charge in [-0.2, -0.15) is 0 Å². The summed E-state index contributed by atoms with van der Waals surface area (Å²) in [5.74, 6) is -0.0126. The molecule has 0 bridgehead atoms. The number of fused-ring (bicyclic) bond motifs is 1. The van der Waals surface area contributed by atoms with Crippen LogP contribution in [0.5, 0.6) is 0 Å². The lowest BCUT2D eigenvalue weighted by molar-refractivity contribution is -0.118. The third-order valence-electron chi connectivity index (χ3n) is 6.26. The summed E-state index contributed by atoms with van der Waals surface area (Å²) in [4.78, 5) is 24.0. The van der Waals surface area contributed by atoms with E-state index in [2.05, 4.69) is 25.5 Å². The number of hydrogen-bond acceptors (Lipinski definition) is 7. The number of carbonyl (C=O) groups is 1. The van der Waals surface area contributed by atoms with Gasteiger partial charge in [-0.15, -0.1) is 0 Å². The van der Waals surface area contributed by atoms with Crippen molar-refractivity contribution in [1.29, 1.82) is 0 Å². The van der Waals surface area contributed by atoms with Crippen LogP contribution in [0.4, 0.5) is 16.0 Å². The van der Waals surface area contributed by atoms with Crippen molar-refractivity contribution in [3.05, 3.63) is 77.4 Å². The Balaban J connectivity index is 1.29. The van der Waals surface area contributed by atoms with Crippen molar-refractivity contribution >= 4 is 27.4 Å². The topological polar surface area (TPSA) is 104 Å². The first-order chi connectivity index (χ1) is 16.3. The molecule has 34 heavy (non-hydrogen) atoms. The summed E-state index contributed by atoms with van der Waals surface area (Å²) in [6, 6.07) is 10.8. The molecule has 1 aromatic heterocycles. The zero-order valence-corrected chi connectivity index (χ0v) is 19.3. The smallest absolute Gasteiger partial charge is 0.246 e. The van der Waals surface area contributed by atoms with Crippen molar-refractivity contribution in [2.75, 3.05) is 23.0 Å². The maximum absolute atomic E-state index is 13.7. The lowest BCUT2D eigenvalue weighted by Gasteiger charge is -2.25. The van der Waals surface area contributed by atoms with Crippen LogP contribution in [0.15, 0.2) is 59.8 Å². The summed E-state index contributed by atoms with van der Waals surface area (Å²) in [5.41, 5.74) is 2.88. The van der Waals surface area contributed by atoms with Crippen LogP contribution in [0.3, 0.4) is 0 Å². The third-order valence-corrected chi connectivity index (χ3v) is 7.37. The summed E-state index contributed by atoms with van der Waals surface area (Å²) in [7, 11) is -3.31. The van der Waals surface area contributed by atoms with Crippen LogP contribution < -0.4 is 15.5 Å². The Morgan fingerprint density at radius 3 is 2.71 bits per heavy atom. The number of anilines is 2. The Hall–Kier alpha value is -3.37. The molecule has 0 aliphatic carbocycles. The lowest BCUT2D eigenvalue weighted by Crippen LogP contribution is -2.28. The molecule has 10 heteroatoms. The van der Waals surface area contributed by atoms with Crippen LogP contribution in [0.2, 0.25) is 0 Å². The normalized spacial score (nSPS) is 19.8. The fourth-order valence-electron chi connectivity index (χ4n) is 4.62. The molecular formula is C24H24FN5O3S. The van der Waals surface area contributed by atoms with Crippen molar-refractivity contribution in [1.82, 2.24) is 15.3 Å². The Kier molecular flexibility index (Phi) is 5.78. The van der Waals surface area contributed by atoms with Gasteiger partial charge < -0.3 is 10.2 Å². The number of sulfone groups is 1. The zero-order valence-electron chi connectivity index (χ0n) is 18.5. The summed E-state index contributed by atoms with van der Waals surface area (Å²) >= 11 is 0. The predicted molar refractivity (Wildman–Crippen MR) is 126 cm³/mol. The van der Waals surface area contributed by atoms with Crippen molar-refractivity contribution in [2.24, 2.45) is 0 Å². The van der Waals surface area contributed by atoms with Gasteiger partial charge in [-0.25, -0.2) is 22.8 Å². The van der Waals surface area contributed by atoms with E-state index in [1.165, 1.54) is 12.1 Å². The minimum absolute atomic E-state index is 0.00663. The van der Waals surface area contributed by atoms with Gasteiger partial charge in [0, 0.05) is 19.3 Å². The second-order valence-corrected chi connectivity index (χ2v) is 10.6. The van der Waals surface area contributed by atoms with Gasteiger partial charge in [-0.05, 0) is 53.8 Å². The fraction of sp³-hybridized carbons (Fsp3) is 0.292. The second kappa shape index (κ2) is 8.77. The van der Waals surface area contributed by atoms with Crippen LogP contribution in [-0.4, -0.2) is 37.1 Å². The van der Waals surface area contributed by atoms with Crippen LogP contribution in [0.1, 0.15) is 41.6 Å².